The van der Waals surface area contributed by atoms with Crippen LogP contribution in [-0.2, 0) is 7.05 Å². The molecule has 0 fully saturated rings. The summed E-state index contributed by atoms with van der Waals surface area (Å²) < 4.78 is 1.88. The molecule has 90 valence electrons. The Bertz CT molecular complexity index is 732. The summed E-state index contributed by atoms with van der Waals surface area (Å²) in [5.74, 6) is 0.206. The minimum atomic E-state index is 0.0881. The van der Waals surface area contributed by atoms with Crippen LogP contribution in [0.5, 0.6) is 11.5 Å². The van der Waals surface area contributed by atoms with E-state index in [1.54, 1.807) is 24.4 Å². The molecule has 0 aliphatic rings. The number of aromatic nitrogens is 2. The zero-order valence-electron chi connectivity index (χ0n) is 9.83. The van der Waals surface area contributed by atoms with Gasteiger partial charge in [0.05, 0.1) is 5.69 Å². The predicted molar refractivity (Wildman–Crippen MR) is 69.5 cm³/mol. The molecule has 1 aromatic carbocycles. The second-order valence-electron chi connectivity index (χ2n) is 4.20. The highest BCUT2D eigenvalue weighted by Gasteiger charge is 2.14. The van der Waals surface area contributed by atoms with Crippen LogP contribution in [0.1, 0.15) is 0 Å². The van der Waals surface area contributed by atoms with Gasteiger partial charge in [-0.1, -0.05) is 0 Å². The third kappa shape index (κ3) is 1.43. The lowest BCUT2D eigenvalue weighted by Gasteiger charge is -2.10. The van der Waals surface area contributed by atoms with Gasteiger partial charge in [0.1, 0.15) is 11.3 Å². The van der Waals surface area contributed by atoms with Crippen LogP contribution in [0.3, 0.4) is 0 Å². The van der Waals surface area contributed by atoms with Crippen molar-refractivity contribution in [2.45, 2.75) is 0 Å². The van der Waals surface area contributed by atoms with Crippen molar-refractivity contribution >= 4 is 10.9 Å². The molecule has 0 saturated carbocycles. The molecule has 0 amide bonds. The van der Waals surface area contributed by atoms with Gasteiger partial charge in [-0.3, -0.25) is 4.98 Å². The second-order valence-corrected chi connectivity index (χ2v) is 4.20. The Morgan fingerprint density at radius 2 is 2.00 bits per heavy atom. The van der Waals surface area contributed by atoms with Crippen molar-refractivity contribution in [3.8, 4) is 22.8 Å². The molecular formula is C14H12N2O2. The molecule has 0 unspecified atom stereocenters. The summed E-state index contributed by atoms with van der Waals surface area (Å²) in [6.07, 6.45) is 3.48. The van der Waals surface area contributed by atoms with Crippen LogP contribution in [-0.4, -0.2) is 19.8 Å². The zero-order chi connectivity index (χ0) is 12.7. The third-order valence-electron chi connectivity index (χ3n) is 3.06. The van der Waals surface area contributed by atoms with E-state index < -0.39 is 0 Å². The number of phenols is 2. The smallest absolute Gasteiger partial charge is 0.151 e. The topological polar surface area (TPSA) is 58.3 Å². The Kier molecular flexibility index (Phi) is 2.23. The maximum absolute atomic E-state index is 10.3. The average molecular weight is 240 g/mol. The minimum Gasteiger partial charge on any atom is -0.507 e. The van der Waals surface area contributed by atoms with E-state index in [2.05, 4.69) is 4.98 Å². The molecule has 0 aliphatic heterocycles. The largest absolute Gasteiger partial charge is 0.507 e. The molecule has 18 heavy (non-hydrogen) atoms. The SMILES string of the molecule is Cn1cccc1-c1cc(O)c2cccnc2c1O. The van der Waals surface area contributed by atoms with Gasteiger partial charge >= 0.3 is 0 Å². The highest BCUT2D eigenvalue weighted by Crippen LogP contribution is 2.39. The van der Waals surface area contributed by atoms with Crippen LogP contribution >= 0.6 is 0 Å². The number of aromatic hydroxyl groups is 2. The highest BCUT2D eigenvalue weighted by molar-refractivity contribution is 5.95. The van der Waals surface area contributed by atoms with Gasteiger partial charge in [0.15, 0.2) is 5.75 Å². The van der Waals surface area contributed by atoms with E-state index in [0.717, 1.165) is 5.69 Å². The van der Waals surface area contributed by atoms with Crippen molar-refractivity contribution in [1.29, 1.82) is 0 Å². The molecule has 2 aromatic heterocycles. The summed E-state index contributed by atoms with van der Waals surface area (Å²) in [7, 11) is 1.88. The molecule has 0 atom stereocenters. The number of nitrogens with zero attached hydrogens (tertiary/aromatic N) is 2. The number of fused-ring (bicyclic) bond motifs is 1. The molecule has 0 saturated heterocycles. The Morgan fingerprint density at radius 3 is 2.72 bits per heavy atom. The van der Waals surface area contributed by atoms with E-state index in [1.165, 1.54) is 0 Å². The Morgan fingerprint density at radius 1 is 1.17 bits per heavy atom. The average Bonchev–Trinajstić information content (AvgIpc) is 2.80. The number of phenolic OH excluding ortho intramolecular Hbond substituents is 2. The van der Waals surface area contributed by atoms with Crippen LogP contribution < -0.4 is 0 Å². The Hall–Kier alpha value is -2.49. The lowest BCUT2D eigenvalue weighted by molar-refractivity contribution is 0.470. The number of pyridine rings is 1. The van der Waals surface area contributed by atoms with Crippen molar-refractivity contribution in [2.75, 3.05) is 0 Å². The third-order valence-corrected chi connectivity index (χ3v) is 3.06. The van der Waals surface area contributed by atoms with Crippen LogP contribution in [0.25, 0.3) is 22.2 Å². The van der Waals surface area contributed by atoms with Gasteiger partial charge in [-0.2, -0.15) is 0 Å². The molecule has 2 N–H and O–H groups in total. The minimum absolute atomic E-state index is 0.0881. The van der Waals surface area contributed by atoms with E-state index in [-0.39, 0.29) is 11.5 Å². The molecule has 0 spiro atoms. The summed E-state index contributed by atoms with van der Waals surface area (Å²) in [5.41, 5.74) is 1.82. The molecule has 4 nitrogen and oxygen atoms in total. The van der Waals surface area contributed by atoms with Gasteiger partial charge in [0.2, 0.25) is 0 Å². The summed E-state index contributed by atoms with van der Waals surface area (Å²) in [6, 6.07) is 8.78. The first-order chi connectivity index (χ1) is 8.68. The predicted octanol–water partition coefficient (Wildman–Crippen LogP) is 2.65. The van der Waals surface area contributed by atoms with Crippen molar-refractivity contribution in [2.24, 2.45) is 7.05 Å². The second kappa shape index (κ2) is 3.77. The van der Waals surface area contributed by atoms with Crippen molar-refractivity contribution < 1.29 is 10.2 Å². The van der Waals surface area contributed by atoms with Gasteiger partial charge in [-0.05, 0) is 30.3 Å². The standard InChI is InChI=1S/C14H12N2O2/c1-16-7-3-5-11(16)10-8-12(17)9-4-2-6-15-13(9)14(10)18/h2-8,17-18H,1H3. The number of aryl methyl sites for hydroxylation is 1. The first kappa shape index (κ1) is 10.7. The molecule has 4 heteroatoms. The van der Waals surface area contributed by atoms with Crippen LogP contribution in [0.2, 0.25) is 0 Å². The summed E-state index contributed by atoms with van der Waals surface area (Å²) in [4.78, 5) is 4.12. The molecule has 2 heterocycles. The van der Waals surface area contributed by atoms with Crippen molar-refractivity contribution in [1.82, 2.24) is 9.55 Å². The fraction of sp³-hybridized carbons (Fsp3) is 0.0714. The fourth-order valence-corrected chi connectivity index (χ4v) is 2.15. The van der Waals surface area contributed by atoms with Gasteiger partial charge in [0.25, 0.3) is 0 Å². The zero-order valence-corrected chi connectivity index (χ0v) is 9.83. The number of hydrogen-bond donors (Lipinski definition) is 2. The Balaban J connectivity index is 2.39. The van der Waals surface area contributed by atoms with E-state index in [4.69, 9.17) is 0 Å². The highest BCUT2D eigenvalue weighted by atomic mass is 16.3. The van der Waals surface area contributed by atoms with Crippen LogP contribution in [0.15, 0.2) is 42.7 Å². The van der Waals surface area contributed by atoms with Crippen LogP contribution in [0, 0.1) is 0 Å². The molecule has 0 bridgehead atoms. The maximum Gasteiger partial charge on any atom is 0.151 e. The van der Waals surface area contributed by atoms with Gasteiger partial charge in [0, 0.05) is 30.4 Å². The summed E-state index contributed by atoms with van der Waals surface area (Å²) in [6.45, 7) is 0. The molecular weight excluding hydrogens is 228 g/mol. The lowest BCUT2D eigenvalue weighted by atomic mass is 10.1. The molecule has 3 rings (SSSR count). The van der Waals surface area contributed by atoms with Crippen molar-refractivity contribution in [3.63, 3.8) is 0 Å². The first-order valence-electron chi connectivity index (χ1n) is 5.60. The van der Waals surface area contributed by atoms with E-state index in [0.29, 0.717) is 16.5 Å². The van der Waals surface area contributed by atoms with Gasteiger partial charge in [-0.15, -0.1) is 0 Å². The summed E-state index contributed by atoms with van der Waals surface area (Å²) in [5, 5.41) is 20.8. The Labute approximate surface area is 104 Å². The summed E-state index contributed by atoms with van der Waals surface area (Å²) >= 11 is 0. The molecule has 0 aliphatic carbocycles. The van der Waals surface area contributed by atoms with E-state index in [9.17, 15) is 10.2 Å². The monoisotopic (exact) mass is 240 g/mol. The normalized spacial score (nSPS) is 10.9. The fourth-order valence-electron chi connectivity index (χ4n) is 2.15. The lowest BCUT2D eigenvalue weighted by Crippen LogP contribution is -1.91. The first-order valence-corrected chi connectivity index (χ1v) is 5.60. The van der Waals surface area contributed by atoms with Crippen molar-refractivity contribution in [3.05, 3.63) is 42.7 Å². The van der Waals surface area contributed by atoms with Gasteiger partial charge < -0.3 is 14.8 Å². The maximum atomic E-state index is 10.3. The number of benzene rings is 1. The van der Waals surface area contributed by atoms with E-state index >= 15 is 0 Å². The van der Waals surface area contributed by atoms with Gasteiger partial charge in [-0.25, -0.2) is 0 Å². The van der Waals surface area contributed by atoms with E-state index in [1.807, 2.05) is 29.9 Å². The molecule has 0 radical (unpaired) electrons. The molecule has 3 aromatic rings. The number of hydrogen-bond acceptors (Lipinski definition) is 3. The van der Waals surface area contributed by atoms with Crippen LogP contribution in [0.4, 0.5) is 0 Å². The number of rotatable bonds is 1. The quantitative estimate of drug-likeness (QED) is 0.643.